The highest BCUT2D eigenvalue weighted by molar-refractivity contribution is 6.11. The summed E-state index contributed by atoms with van der Waals surface area (Å²) in [5, 5.41) is 11.7. The Hall–Kier alpha value is -2.75. The van der Waals surface area contributed by atoms with E-state index in [1.54, 1.807) is 30.9 Å². The van der Waals surface area contributed by atoms with E-state index in [0.29, 0.717) is 0 Å². The molecule has 0 spiro atoms. The van der Waals surface area contributed by atoms with Crippen LogP contribution in [0.4, 0.5) is 0 Å². The first-order valence-corrected chi connectivity index (χ1v) is 5.95. The van der Waals surface area contributed by atoms with Gasteiger partial charge in [-0.2, -0.15) is 0 Å². The Morgan fingerprint density at radius 1 is 1.11 bits per heavy atom. The Labute approximate surface area is 108 Å². The van der Waals surface area contributed by atoms with Crippen molar-refractivity contribution >= 4 is 21.8 Å². The minimum Gasteiger partial charge on any atom is -0.508 e. The maximum absolute atomic E-state index is 9.56. The van der Waals surface area contributed by atoms with Crippen molar-refractivity contribution in [1.82, 2.24) is 9.97 Å². The number of furan rings is 1. The number of pyridine rings is 1. The van der Waals surface area contributed by atoms with Crippen molar-refractivity contribution in [1.29, 1.82) is 0 Å². The third-order valence-electron chi connectivity index (χ3n) is 3.30. The van der Waals surface area contributed by atoms with E-state index >= 15 is 0 Å². The lowest BCUT2D eigenvalue weighted by Gasteiger charge is -1.98. The van der Waals surface area contributed by atoms with Gasteiger partial charge >= 0.3 is 0 Å². The number of phenolic OH excluding ortho intramolecular Hbond substituents is 1. The number of nitrogens with zero attached hydrogens (tertiary/aromatic N) is 1. The van der Waals surface area contributed by atoms with E-state index in [1.807, 2.05) is 18.2 Å². The summed E-state index contributed by atoms with van der Waals surface area (Å²) >= 11 is 0. The molecule has 92 valence electrons. The molecule has 0 saturated carbocycles. The van der Waals surface area contributed by atoms with E-state index in [1.165, 1.54) is 0 Å². The molecule has 0 aliphatic rings. The topological polar surface area (TPSA) is 62.0 Å². The number of fused-ring (bicyclic) bond motifs is 3. The molecule has 4 aromatic rings. The summed E-state index contributed by atoms with van der Waals surface area (Å²) in [4.78, 5) is 7.72. The minimum absolute atomic E-state index is 0.247. The smallest absolute Gasteiger partial charge is 0.117 e. The van der Waals surface area contributed by atoms with E-state index < -0.39 is 0 Å². The Bertz CT molecular complexity index is 876. The normalized spacial score (nSPS) is 11.4. The van der Waals surface area contributed by atoms with E-state index in [9.17, 15) is 5.11 Å². The number of nitrogens with one attached hydrogen (secondary N) is 1. The van der Waals surface area contributed by atoms with Gasteiger partial charge in [0.25, 0.3) is 0 Å². The maximum Gasteiger partial charge on any atom is 0.117 e. The van der Waals surface area contributed by atoms with Gasteiger partial charge in [0.05, 0.1) is 29.3 Å². The monoisotopic (exact) mass is 250 g/mol. The Balaban J connectivity index is 2.14. The summed E-state index contributed by atoms with van der Waals surface area (Å²) in [5.74, 6) is 0.247. The highest BCUT2D eigenvalue weighted by Crippen LogP contribution is 2.32. The molecule has 4 heteroatoms. The highest BCUT2D eigenvalue weighted by Gasteiger charge is 2.11. The van der Waals surface area contributed by atoms with Crippen molar-refractivity contribution in [3.8, 4) is 17.0 Å². The van der Waals surface area contributed by atoms with Gasteiger partial charge in [-0.3, -0.25) is 4.98 Å². The molecule has 0 bridgehead atoms. The average molecular weight is 250 g/mol. The number of aromatic nitrogens is 2. The van der Waals surface area contributed by atoms with Gasteiger partial charge in [0.2, 0.25) is 0 Å². The van der Waals surface area contributed by atoms with Crippen LogP contribution in [0.3, 0.4) is 0 Å². The summed E-state index contributed by atoms with van der Waals surface area (Å²) in [7, 11) is 0. The summed E-state index contributed by atoms with van der Waals surface area (Å²) in [6, 6.07) is 9.16. The van der Waals surface area contributed by atoms with Gasteiger partial charge in [0, 0.05) is 28.6 Å². The lowest BCUT2D eigenvalue weighted by atomic mass is 10.1. The molecule has 0 saturated heterocycles. The number of phenols is 1. The summed E-state index contributed by atoms with van der Waals surface area (Å²) in [5.41, 5.74) is 3.63. The van der Waals surface area contributed by atoms with Crippen LogP contribution >= 0.6 is 0 Å². The molecule has 0 fully saturated rings. The lowest BCUT2D eigenvalue weighted by molar-refractivity contribution is 0.476. The van der Waals surface area contributed by atoms with Crippen LogP contribution in [0.2, 0.25) is 0 Å². The fourth-order valence-electron chi connectivity index (χ4n) is 2.44. The minimum atomic E-state index is 0.247. The summed E-state index contributed by atoms with van der Waals surface area (Å²) in [6.07, 6.45) is 5.08. The second kappa shape index (κ2) is 3.62. The number of aromatic hydroxyl groups is 1. The third kappa shape index (κ3) is 1.43. The van der Waals surface area contributed by atoms with Crippen molar-refractivity contribution in [2.24, 2.45) is 0 Å². The van der Waals surface area contributed by atoms with Crippen LogP contribution in [0.15, 0.2) is 53.5 Å². The molecule has 4 rings (SSSR count). The van der Waals surface area contributed by atoms with Gasteiger partial charge in [-0.05, 0) is 24.3 Å². The first-order chi connectivity index (χ1) is 9.33. The van der Waals surface area contributed by atoms with Gasteiger partial charge in [0.1, 0.15) is 5.75 Å². The van der Waals surface area contributed by atoms with Crippen molar-refractivity contribution < 1.29 is 9.52 Å². The van der Waals surface area contributed by atoms with Gasteiger partial charge in [0.15, 0.2) is 0 Å². The number of hydrogen-bond donors (Lipinski definition) is 2. The van der Waals surface area contributed by atoms with Crippen molar-refractivity contribution in [2.75, 3.05) is 0 Å². The molecule has 3 heterocycles. The fraction of sp³-hybridized carbons (Fsp3) is 0. The predicted octanol–water partition coefficient (Wildman–Crippen LogP) is 3.68. The Morgan fingerprint density at radius 3 is 2.89 bits per heavy atom. The second-order valence-corrected chi connectivity index (χ2v) is 4.45. The van der Waals surface area contributed by atoms with Crippen molar-refractivity contribution in [2.45, 2.75) is 0 Å². The SMILES string of the molecule is Oc1ccc2c(c1)[nH]c1c(-c3ccoc3)nccc12. The van der Waals surface area contributed by atoms with Crippen LogP contribution in [0.1, 0.15) is 0 Å². The van der Waals surface area contributed by atoms with Crippen molar-refractivity contribution in [3.05, 3.63) is 49.1 Å². The second-order valence-electron chi connectivity index (χ2n) is 4.45. The molecule has 0 aliphatic carbocycles. The highest BCUT2D eigenvalue weighted by atomic mass is 16.3. The largest absolute Gasteiger partial charge is 0.508 e. The zero-order chi connectivity index (χ0) is 12.8. The molecule has 19 heavy (non-hydrogen) atoms. The van der Waals surface area contributed by atoms with Gasteiger partial charge in [-0.1, -0.05) is 0 Å². The lowest BCUT2D eigenvalue weighted by Crippen LogP contribution is -1.82. The van der Waals surface area contributed by atoms with Crippen LogP contribution in [0.25, 0.3) is 33.1 Å². The van der Waals surface area contributed by atoms with E-state index in [0.717, 1.165) is 33.1 Å². The third-order valence-corrected chi connectivity index (χ3v) is 3.30. The molecule has 0 amide bonds. The molecule has 0 unspecified atom stereocenters. The number of H-pyrrole nitrogens is 1. The number of aromatic amines is 1. The maximum atomic E-state index is 9.56. The van der Waals surface area contributed by atoms with E-state index in [4.69, 9.17) is 4.42 Å². The molecule has 1 aromatic carbocycles. The zero-order valence-corrected chi connectivity index (χ0v) is 9.92. The molecular formula is C15H10N2O2. The average Bonchev–Trinajstić information content (AvgIpc) is 3.04. The first-order valence-electron chi connectivity index (χ1n) is 5.95. The van der Waals surface area contributed by atoms with Crippen LogP contribution in [0.5, 0.6) is 5.75 Å². The number of benzene rings is 1. The molecule has 0 aliphatic heterocycles. The van der Waals surface area contributed by atoms with Crippen molar-refractivity contribution in [3.63, 3.8) is 0 Å². The summed E-state index contributed by atoms with van der Waals surface area (Å²) in [6.45, 7) is 0. The molecule has 0 radical (unpaired) electrons. The standard InChI is InChI=1S/C15H10N2O2/c18-10-1-2-11-12-3-5-16-14(9-4-6-19-8-9)15(12)17-13(11)7-10/h1-8,17-18H. The van der Waals surface area contributed by atoms with Gasteiger partial charge < -0.3 is 14.5 Å². The van der Waals surface area contributed by atoms with Crippen LogP contribution in [-0.4, -0.2) is 15.1 Å². The molecule has 4 nitrogen and oxygen atoms in total. The zero-order valence-electron chi connectivity index (χ0n) is 9.92. The van der Waals surface area contributed by atoms with E-state index in [-0.39, 0.29) is 5.75 Å². The first kappa shape index (κ1) is 10.2. The van der Waals surface area contributed by atoms with Crippen LogP contribution in [-0.2, 0) is 0 Å². The fourth-order valence-corrected chi connectivity index (χ4v) is 2.44. The van der Waals surface area contributed by atoms with Crippen LogP contribution in [0, 0.1) is 0 Å². The molecule has 2 N–H and O–H groups in total. The molecule has 0 atom stereocenters. The number of hydrogen-bond acceptors (Lipinski definition) is 3. The van der Waals surface area contributed by atoms with E-state index in [2.05, 4.69) is 9.97 Å². The van der Waals surface area contributed by atoms with Gasteiger partial charge in [-0.15, -0.1) is 0 Å². The Morgan fingerprint density at radius 2 is 2.05 bits per heavy atom. The number of rotatable bonds is 1. The molecule has 3 aromatic heterocycles. The van der Waals surface area contributed by atoms with Gasteiger partial charge in [-0.25, -0.2) is 0 Å². The quantitative estimate of drug-likeness (QED) is 0.541. The predicted molar refractivity (Wildman–Crippen MR) is 73.0 cm³/mol. The Kier molecular flexibility index (Phi) is 1.94. The summed E-state index contributed by atoms with van der Waals surface area (Å²) < 4.78 is 5.12. The molecular weight excluding hydrogens is 240 g/mol. The van der Waals surface area contributed by atoms with Crippen LogP contribution < -0.4 is 0 Å².